The largest absolute Gasteiger partial charge is 0.494 e. The molecule has 10 heteroatoms. The van der Waals surface area contributed by atoms with Crippen molar-refractivity contribution >= 4 is 44.7 Å². The summed E-state index contributed by atoms with van der Waals surface area (Å²) >= 11 is 8.15. The molecule has 1 fully saturated rings. The SMILES string of the molecule is CCOc1ccc(-c2ccc(C(=O)C(F)(F)F)cc2)cc1CN(C(=O)c1sc2ccccc2c1Cl)[C@H]1CC[C@H](NC)CC1. The van der Waals surface area contributed by atoms with Crippen LogP contribution in [0.15, 0.2) is 66.7 Å². The lowest BCUT2D eigenvalue weighted by molar-refractivity contribution is -0.0885. The Morgan fingerprint density at radius 2 is 1.67 bits per heavy atom. The summed E-state index contributed by atoms with van der Waals surface area (Å²) in [5.41, 5.74) is 1.73. The number of nitrogens with zero attached hydrogens (tertiary/aromatic N) is 1. The number of benzene rings is 3. The molecule has 226 valence electrons. The Kier molecular flexibility index (Phi) is 9.44. The highest BCUT2D eigenvalue weighted by molar-refractivity contribution is 7.21. The van der Waals surface area contributed by atoms with Crippen LogP contribution in [0.25, 0.3) is 21.2 Å². The minimum Gasteiger partial charge on any atom is -0.494 e. The number of nitrogens with one attached hydrogen (secondary N) is 1. The quantitative estimate of drug-likeness (QED) is 0.189. The number of ketones is 1. The van der Waals surface area contributed by atoms with Crippen LogP contribution < -0.4 is 10.1 Å². The number of amides is 1. The molecule has 0 unspecified atom stereocenters. The third kappa shape index (κ3) is 6.74. The van der Waals surface area contributed by atoms with E-state index in [1.807, 2.05) is 61.3 Å². The molecule has 4 aromatic rings. The first kappa shape index (κ1) is 31.0. The molecule has 1 saturated carbocycles. The average Bonchev–Trinajstić information content (AvgIpc) is 3.36. The van der Waals surface area contributed by atoms with Gasteiger partial charge in [-0.2, -0.15) is 13.2 Å². The Morgan fingerprint density at radius 1 is 1.00 bits per heavy atom. The van der Waals surface area contributed by atoms with Crippen LogP contribution in [0.2, 0.25) is 5.02 Å². The molecule has 1 aliphatic rings. The van der Waals surface area contributed by atoms with Crippen LogP contribution in [0, 0.1) is 0 Å². The third-order valence-corrected chi connectivity index (χ3v) is 9.64. The van der Waals surface area contributed by atoms with Gasteiger partial charge in [0.25, 0.3) is 11.7 Å². The number of fused-ring (bicyclic) bond motifs is 1. The van der Waals surface area contributed by atoms with Gasteiger partial charge < -0.3 is 15.0 Å². The standard InChI is InChI=1S/C33H32ClF3N2O3S/c1-3-42-27-17-12-22(20-8-10-21(11-9-20)31(40)33(35,36)37)18-23(27)19-39(25-15-13-24(38-2)14-16-25)32(41)30-29(34)26-6-4-5-7-28(26)43-30/h4-12,17-18,24-25,38H,3,13-16,19H2,1-2H3/t24-,25-. The first-order valence-corrected chi connectivity index (χ1v) is 15.4. The zero-order chi connectivity index (χ0) is 30.7. The Morgan fingerprint density at radius 3 is 2.30 bits per heavy atom. The summed E-state index contributed by atoms with van der Waals surface area (Å²) < 4.78 is 45.6. The van der Waals surface area contributed by atoms with Gasteiger partial charge in [0.1, 0.15) is 10.6 Å². The van der Waals surface area contributed by atoms with Gasteiger partial charge >= 0.3 is 6.18 Å². The normalized spacial score (nSPS) is 17.2. The van der Waals surface area contributed by atoms with Crippen molar-refractivity contribution in [3.63, 3.8) is 0 Å². The van der Waals surface area contributed by atoms with Crippen LogP contribution in [0.1, 0.15) is 58.2 Å². The van der Waals surface area contributed by atoms with Crippen molar-refractivity contribution in [1.82, 2.24) is 10.2 Å². The van der Waals surface area contributed by atoms with Gasteiger partial charge in [-0.05, 0) is 69.0 Å². The second-order valence-corrected chi connectivity index (χ2v) is 12.1. The molecule has 0 spiro atoms. The first-order valence-electron chi connectivity index (χ1n) is 14.2. The summed E-state index contributed by atoms with van der Waals surface area (Å²) in [5.74, 6) is -1.39. The van der Waals surface area contributed by atoms with Gasteiger partial charge in [-0.1, -0.05) is 60.1 Å². The molecule has 1 amide bonds. The zero-order valence-corrected chi connectivity index (χ0v) is 25.4. The maximum atomic E-state index is 14.3. The van der Waals surface area contributed by atoms with Crippen molar-refractivity contribution < 1.29 is 27.5 Å². The Labute approximate surface area is 257 Å². The first-order chi connectivity index (χ1) is 20.6. The Hall–Kier alpha value is -3.40. The zero-order valence-electron chi connectivity index (χ0n) is 23.8. The average molecular weight is 629 g/mol. The number of hydrogen-bond acceptors (Lipinski definition) is 5. The van der Waals surface area contributed by atoms with E-state index in [2.05, 4.69) is 5.32 Å². The van der Waals surface area contributed by atoms with Crippen molar-refractivity contribution in [2.75, 3.05) is 13.7 Å². The fourth-order valence-electron chi connectivity index (χ4n) is 5.67. The van der Waals surface area contributed by atoms with E-state index in [9.17, 15) is 22.8 Å². The van der Waals surface area contributed by atoms with Gasteiger partial charge in [0, 0.05) is 39.8 Å². The van der Waals surface area contributed by atoms with Crippen LogP contribution in [0.4, 0.5) is 13.2 Å². The molecular weight excluding hydrogens is 597 g/mol. The molecule has 5 rings (SSSR count). The summed E-state index contributed by atoms with van der Waals surface area (Å²) in [5, 5.41) is 4.64. The number of ether oxygens (including phenoxy) is 1. The smallest absolute Gasteiger partial charge is 0.454 e. The maximum Gasteiger partial charge on any atom is 0.454 e. The number of halogens is 4. The number of thiophene rings is 1. The van der Waals surface area contributed by atoms with Gasteiger partial charge in [0.2, 0.25) is 0 Å². The van der Waals surface area contributed by atoms with Crippen molar-refractivity contribution in [2.24, 2.45) is 0 Å². The predicted molar refractivity (Wildman–Crippen MR) is 165 cm³/mol. The summed E-state index contributed by atoms with van der Waals surface area (Å²) in [4.78, 5) is 28.3. The van der Waals surface area contributed by atoms with Gasteiger partial charge in [-0.15, -0.1) is 11.3 Å². The number of hydrogen-bond donors (Lipinski definition) is 1. The fraction of sp³-hybridized carbons (Fsp3) is 0.333. The van der Waals surface area contributed by atoms with E-state index in [4.69, 9.17) is 16.3 Å². The Balaban J connectivity index is 1.51. The molecule has 0 atom stereocenters. The lowest BCUT2D eigenvalue weighted by Gasteiger charge is -2.37. The van der Waals surface area contributed by atoms with E-state index >= 15 is 0 Å². The van der Waals surface area contributed by atoms with Gasteiger partial charge in [-0.3, -0.25) is 9.59 Å². The molecule has 1 N–H and O–H groups in total. The van der Waals surface area contributed by atoms with E-state index in [1.165, 1.54) is 35.6 Å². The van der Waals surface area contributed by atoms with Crippen LogP contribution in [-0.2, 0) is 6.54 Å². The van der Waals surface area contributed by atoms with Crippen LogP contribution in [0.3, 0.4) is 0 Å². The van der Waals surface area contributed by atoms with E-state index in [1.54, 1.807) is 0 Å². The monoisotopic (exact) mass is 628 g/mol. The number of rotatable bonds is 9. The number of carbonyl (C=O) groups excluding carboxylic acids is 2. The van der Waals surface area contributed by atoms with E-state index < -0.39 is 17.5 Å². The van der Waals surface area contributed by atoms with E-state index in [0.29, 0.717) is 33.9 Å². The van der Waals surface area contributed by atoms with Crippen molar-refractivity contribution in [2.45, 2.75) is 57.4 Å². The molecule has 0 bridgehead atoms. The maximum absolute atomic E-state index is 14.3. The summed E-state index contributed by atoms with van der Waals surface area (Å²) in [6, 6.07) is 19.0. The van der Waals surface area contributed by atoms with E-state index in [-0.39, 0.29) is 18.5 Å². The summed E-state index contributed by atoms with van der Waals surface area (Å²) in [6.45, 7) is 2.57. The Bertz CT molecular complexity index is 1610. The third-order valence-electron chi connectivity index (χ3n) is 7.97. The molecule has 0 saturated heterocycles. The molecular formula is C33H32ClF3N2O3S. The molecule has 3 aromatic carbocycles. The topological polar surface area (TPSA) is 58.6 Å². The number of carbonyl (C=O) groups is 2. The van der Waals surface area contributed by atoms with Gasteiger partial charge in [0.15, 0.2) is 0 Å². The fourth-order valence-corrected chi connectivity index (χ4v) is 7.13. The minimum atomic E-state index is -4.94. The molecule has 0 radical (unpaired) electrons. The highest BCUT2D eigenvalue weighted by Crippen LogP contribution is 2.38. The molecule has 1 heterocycles. The minimum absolute atomic E-state index is 0.0100. The van der Waals surface area contributed by atoms with Crippen LogP contribution >= 0.6 is 22.9 Å². The van der Waals surface area contributed by atoms with Gasteiger partial charge in [-0.25, -0.2) is 0 Å². The second kappa shape index (κ2) is 13.1. The molecule has 0 aliphatic heterocycles. The highest BCUT2D eigenvalue weighted by atomic mass is 35.5. The summed E-state index contributed by atoms with van der Waals surface area (Å²) in [6.07, 6.45) is -1.40. The lowest BCUT2D eigenvalue weighted by Crippen LogP contribution is -2.44. The lowest BCUT2D eigenvalue weighted by atomic mass is 9.89. The highest BCUT2D eigenvalue weighted by Gasteiger charge is 2.39. The summed E-state index contributed by atoms with van der Waals surface area (Å²) in [7, 11) is 1.95. The van der Waals surface area contributed by atoms with Crippen molar-refractivity contribution in [3.8, 4) is 16.9 Å². The molecule has 1 aromatic heterocycles. The number of Topliss-reactive ketones (excluding diaryl/α,β-unsaturated/α-hetero) is 1. The van der Waals surface area contributed by atoms with Crippen LogP contribution in [0.5, 0.6) is 5.75 Å². The van der Waals surface area contributed by atoms with Gasteiger partial charge in [0.05, 0.1) is 11.6 Å². The van der Waals surface area contributed by atoms with Crippen LogP contribution in [-0.4, -0.2) is 48.5 Å². The van der Waals surface area contributed by atoms with E-state index in [0.717, 1.165) is 46.9 Å². The predicted octanol–water partition coefficient (Wildman–Crippen LogP) is 8.54. The second-order valence-electron chi connectivity index (χ2n) is 10.6. The molecule has 43 heavy (non-hydrogen) atoms. The molecule has 1 aliphatic carbocycles. The van der Waals surface area contributed by atoms with Crippen molar-refractivity contribution in [1.29, 1.82) is 0 Å². The van der Waals surface area contributed by atoms with Crippen molar-refractivity contribution in [3.05, 3.63) is 87.8 Å². The number of alkyl halides is 3. The molecule has 5 nitrogen and oxygen atoms in total.